The van der Waals surface area contributed by atoms with Gasteiger partial charge in [-0.2, -0.15) is 9.97 Å². The Balaban J connectivity index is 1.50. The number of aromatic nitrogens is 2. The lowest BCUT2D eigenvalue weighted by Crippen LogP contribution is -2.29. The normalized spacial score (nSPS) is 17.4. The van der Waals surface area contributed by atoms with Gasteiger partial charge in [-0.3, -0.25) is 9.69 Å². The van der Waals surface area contributed by atoms with Crippen LogP contribution in [0.3, 0.4) is 0 Å². The first-order chi connectivity index (χ1) is 13.2. The van der Waals surface area contributed by atoms with Gasteiger partial charge in [0, 0.05) is 12.1 Å². The number of amides is 1. The van der Waals surface area contributed by atoms with Crippen LogP contribution in [0.4, 0.5) is 11.6 Å². The monoisotopic (exact) mass is 375 g/mol. The molecular weight excluding hydrogens is 342 g/mol. The van der Waals surface area contributed by atoms with Crippen LogP contribution in [0.15, 0.2) is 0 Å². The fraction of sp³-hybridized carbons (Fsp3) is 0.750. The smallest absolute Gasteiger partial charge is 0.320 e. The Hall–Kier alpha value is -1.89. The average Bonchev–Trinajstić information content (AvgIpc) is 2.99. The third-order valence-corrected chi connectivity index (χ3v) is 5.56. The van der Waals surface area contributed by atoms with Crippen LogP contribution in [0.25, 0.3) is 0 Å². The molecule has 0 aliphatic carbocycles. The number of unbranched alkanes of at least 4 members (excludes halogenated alkanes) is 3. The lowest BCUT2D eigenvalue weighted by Gasteiger charge is -2.22. The third kappa shape index (κ3) is 5.31. The van der Waals surface area contributed by atoms with Crippen LogP contribution in [0, 0.1) is 5.92 Å². The molecule has 7 nitrogen and oxygen atoms in total. The van der Waals surface area contributed by atoms with E-state index in [9.17, 15) is 4.79 Å². The summed E-state index contributed by atoms with van der Waals surface area (Å²) >= 11 is 0. The summed E-state index contributed by atoms with van der Waals surface area (Å²) in [5, 5.41) is 3.42. The highest BCUT2D eigenvalue weighted by atomic mass is 16.5. The fourth-order valence-electron chi connectivity index (χ4n) is 3.88. The summed E-state index contributed by atoms with van der Waals surface area (Å²) in [4.78, 5) is 22.9. The molecule has 27 heavy (non-hydrogen) atoms. The van der Waals surface area contributed by atoms with Crippen LogP contribution in [0.5, 0.6) is 6.01 Å². The molecule has 2 aliphatic rings. The number of nitrogens with zero attached hydrogens (tertiary/aromatic N) is 3. The van der Waals surface area contributed by atoms with Gasteiger partial charge in [-0.05, 0) is 44.7 Å². The van der Waals surface area contributed by atoms with Gasteiger partial charge in [0.05, 0.1) is 13.0 Å². The van der Waals surface area contributed by atoms with Gasteiger partial charge >= 0.3 is 6.01 Å². The Morgan fingerprint density at radius 2 is 2.00 bits per heavy atom. The van der Waals surface area contributed by atoms with Crippen molar-refractivity contribution in [3.63, 3.8) is 0 Å². The lowest BCUT2D eigenvalue weighted by atomic mass is 9.92. The van der Waals surface area contributed by atoms with E-state index >= 15 is 0 Å². The van der Waals surface area contributed by atoms with Crippen molar-refractivity contribution in [2.45, 2.75) is 64.7 Å². The van der Waals surface area contributed by atoms with Crippen molar-refractivity contribution >= 4 is 17.5 Å². The number of anilines is 2. The molecule has 1 aromatic heterocycles. The van der Waals surface area contributed by atoms with Gasteiger partial charge in [-0.1, -0.05) is 32.6 Å². The van der Waals surface area contributed by atoms with Gasteiger partial charge in [0.2, 0.25) is 5.91 Å². The van der Waals surface area contributed by atoms with Crippen LogP contribution in [-0.2, 0) is 11.2 Å². The van der Waals surface area contributed by atoms with Gasteiger partial charge in [0.25, 0.3) is 0 Å². The lowest BCUT2D eigenvalue weighted by molar-refractivity contribution is -0.117. The highest BCUT2D eigenvalue weighted by Crippen LogP contribution is 2.32. The summed E-state index contributed by atoms with van der Waals surface area (Å²) in [6.07, 6.45) is 9.56. The molecule has 3 N–H and O–H groups in total. The summed E-state index contributed by atoms with van der Waals surface area (Å²) in [6, 6.07) is 0.283. The van der Waals surface area contributed by atoms with Crippen LogP contribution < -0.4 is 20.7 Å². The molecule has 1 amide bonds. The minimum absolute atomic E-state index is 0.0649. The summed E-state index contributed by atoms with van der Waals surface area (Å²) in [7, 11) is 0. The van der Waals surface area contributed by atoms with E-state index < -0.39 is 0 Å². The number of carbonyl (C=O) groups is 1. The van der Waals surface area contributed by atoms with E-state index in [0.717, 1.165) is 50.3 Å². The second-order valence-electron chi connectivity index (χ2n) is 7.66. The zero-order chi connectivity index (χ0) is 19.1. The molecule has 0 bridgehead atoms. The van der Waals surface area contributed by atoms with Gasteiger partial charge in [-0.25, -0.2) is 0 Å². The van der Waals surface area contributed by atoms with Gasteiger partial charge in [0.1, 0.15) is 11.6 Å². The SMILES string of the molecule is CCCCOc1nc(N)c2c(n1)N(CCCCCC1CCNCC1)C(=O)C2. The summed E-state index contributed by atoms with van der Waals surface area (Å²) in [6.45, 7) is 5.69. The largest absolute Gasteiger partial charge is 0.463 e. The van der Waals surface area contributed by atoms with Crippen molar-refractivity contribution in [3.05, 3.63) is 5.56 Å². The van der Waals surface area contributed by atoms with Crippen molar-refractivity contribution in [1.82, 2.24) is 15.3 Å². The summed E-state index contributed by atoms with van der Waals surface area (Å²) in [5.74, 6) is 1.96. The van der Waals surface area contributed by atoms with Crippen LogP contribution in [0.2, 0.25) is 0 Å². The topological polar surface area (TPSA) is 93.4 Å². The Kier molecular flexibility index (Phi) is 7.26. The van der Waals surface area contributed by atoms with Crippen molar-refractivity contribution in [3.8, 4) is 6.01 Å². The van der Waals surface area contributed by atoms with Crippen molar-refractivity contribution in [2.24, 2.45) is 5.92 Å². The molecule has 1 fully saturated rings. The highest BCUT2D eigenvalue weighted by Gasteiger charge is 2.31. The van der Waals surface area contributed by atoms with E-state index in [0.29, 0.717) is 31.2 Å². The average molecular weight is 376 g/mol. The molecule has 3 heterocycles. The number of ether oxygens (including phenoxy) is 1. The number of hydrogen-bond donors (Lipinski definition) is 2. The maximum atomic E-state index is 12.4. The number of piperidine rings is 1. The first kappa shape index (κ1) is 19.9. The first-order valence-corrected chi connectivity index (χ1v) is 10.5. The second kappa shape index (κ2) is 9.88. The Bertz CT molecular complexity index is 631. The molecule has 1 saturated heterocycles. The van der Waals surface area contributed by atoms with Gasteiger partial charge in [0.15, 0.2) is 0 Å². The van der Waals surface area contributed by atoms with E-state index in [-0.39, 0.29) is 11.9 Å². The van der Waals surface area contributed by atoms with Gasteiger partial charge < -0.3 is 15.8 Å². The molecule has 1 aromatic rings. The number of nitrogens with two attached hydrogens (primary N) is 1. The summed E-state index contributed by atoms with van der Waals surface area (Å²) in [5.41, 5.74) is 6.79. The number of nitrogen functional groups attached to an aromatic ring is 1. The van der Waals surface area contributed by atoms with E-state index in [1.165, 1.54) is 25.7 Å². The maximum absolute atomic E-state index is 12.4. The predicted molar refractivity (Wildman–Crippen MR) is 107 cm³/mol. The van der Waals surface area contributed by atoms with Gasteiger partial charge in [-0.15, -0.1) is 0 Å². The van der Waals surface area contributed by atoms with E-state index in [4.69, 9.17) is 10.5 Å². The minimum atomic E-state index is 0.0649. The second-order valence-corrected chi connectivity index (χ2v) is 7.66. The minimum Gasteiger partial charge on any atom is -0.463 e. The fourth-order valence-corrected chi connectivity index (χ4v) is 3.88. The molecule has 150 valence electrons. The third-order valence-electron chi connectivity index (χ3n) is 5.56. The molecule has 0 unspecified atom stereocenters. The van der Waals surface area contributed by atoms with Crippen LogP contribution in [0.1, 0.15) is 63.9 Å². The van der Waals surface area contributed by atoms with E-state index in [1.807, 2.05) is 0 Å². The van der Waals surface area contributed by atoms with Crippen molar-refractivity contribution in [1.29, 1.82) is 0 Å². The van der Waals surface area contributed by atoms with E-state index in [2.05, 4.69) is 22.2 Å². The molecule has 0 spiro atoms. The molecule has 0 atom stereocenters. The summed E-state index contributed by atoms with van der Waals surface area (Å²) < 4.78 is 5.60. The highest BCUT2D eigenvalue weighted by molar-refractivity contribution is 6.01. The molecule has 2 aliphatic heterocycles. The predicted octanol–water partition coefficient (Wildman–Crippen LogP) is 2.69. The van der Waals surface area contributed by atoms with Crippen LogP contribution >= 0.6 is 0 Å². The number of carbonyl (C=O) groups excluding carboxylic acids is 1. The molecule has 7 heteroatoms. The van der Waals surface area contributed by atoms with Crippen LogP contribution in [-0.4, -0.2) is 42.1 Å². The quantitative estimate of drug-likeness (QED) is 0.611. The molecular formula is C20H33N5O2. The maximum Gasteiger partial charge on any atom is 0.320 e. The molecule has 3 rings (SSSR count). The molecule has 0 saturated carbocycles. The first-order valence-electron chi connectivity index (χ1n) is 10.5. The Labute approximate surface area is 162 Å². The van der Waals surface area contributed by atoms with Crippen molar-refractivity contribution in [2.75, 3.05) is 36.9 Å². The van der Waals surface area contributed by atoms with E-state index in [1.54, 1.807) is 4.90 Å². The molecule has 0 aromatic carbocycles. The number of rotatable bonds is 10. The Morgan fingerprint density at radius 1 is 1.19 bits per heavy atom. The number of nitrogens with one attached hydrogen (secondary N) is 1. The number of hydrogen-bond acceptors (Lipinski definition) is 6. The zero-order valence-electron chi connectivity index (χ0n) is 16.5. The van der Waals surface area contributed by atoms with Crippen molar-refractivity contribution < 1.29 is 9.53 Å². The standard InChI is InChI=1S/C20H33N5O2/c1-2-3-13-27-20-23-18(21)16-14-17(26)25(19(16)24-20)12-6-4-5-7-15-8-10-22-11-9-15/h15,22H,2-14H2,1H3,(H2,21,23,24). The Morgan fingerprint density at radius 3 is 2.78 bits per heavy atom. The number of fused-ring (bicyclic) bond motifs is 1. The zero-order valence-corrected chi connectivity index (χ0v) is 16.5. The molecule has 0 radical (unpaired) electrons.